The molecular weight excluding hydrogens is 392 g/mol. The van der Waals surface area contributed by atoms with Gasteiger partial charge in [0.15, 0.2) is 5.75 Å². The van der Waals surface area contributed by atoms with Crippen LogP contribution < -0.4 is 9.47 Å². The molecule has 1 heterocycles. The highest BCUT2D eigenvalue weighted by Gasteiger charge is 2.47. The molecule has 0 bridgehead atoms. The van der Waals surface area contributed by atoms with Gasteiger partial charge in [-0.2, -0.15) is 0 Å². The fraction of sp³-hybridized carbons (Fsp3) is 0.381. The van der Waals surface area contributed by atoms with Crippen molar-refractivity contribution in [1.29, 1.82) is 0 Å². The molecule has 0 spiro atoms. The summed E-state index contributed by atoms with van der Waals surface area (Å²) in [5, 5.41) is 32.3. The van der Waals surface area contributed by atoms with Gasteiger partial charge in [-0.05, 0) is 31.9 Å². The van der Waals surface area contributed by atoms with Crippen molar-refractivity contribution < 1.29 is 29.4 Å². The van der Waals surface area contributed by atoms with E-state index in [9.17, 15) is 25.1 Å². The van der Waals surface area contributed by atoms with E-state index >= 15 is 0 Å². The maximum absolute atomic E-state index is 12.2. The zero-order chi connectivity index (χ0) is 22.1. The highest BCUT2D eigenvalue weighted by molar-refractivity contribution is 5.67. The first-order valence-electron chi connectivity index (χ1n) is 9.42. The number of nitrogens with zero attached hydrogens (tertiary/aromatic N) is 2. The number of methoxy groups -OCH3 is 1. The second kappa shape index (κ2) is 8.19. The topological polar surface area (TPSA) is 122 Å². The molecule has 0 saturated carbocycles. The molecular formula is C21H24N2O7. The smallest absolute Gasteiger partial charge is 0.407 e. The minimum atomic E-state index is -1.21. The molecule has 2 atom stereocenters. The second-order valence-electron chi connectivity index (χ2n) is 7.63. The molecule has 160 valence electrons. The van der Waals surface area contributed by atoms with Crippen LogP contribution in [0.4, 0.5) is 10.5 Å². The first-order valence-corrected chi connectivity index (χ1v) is 9.42. The van der Waals surface area contributed by atoms with Crippen molar-refractivity contribution in [2.24, 2.45) is 0 Å². The lowest BCUT2D eigenvalue weighted by atomic mass is 9.85. The Kier molecular flexibility index (Phi) is 5.84. The summed E-state index contributed by atoms with van der Waals surface area (Å²) in [6.07, 6.45) is -1.98. The molecule has 0 aliphatic carbocycles. The Morgan fingerprint density at radius 3 is 2.53 bits per heavy atom. The van der Waals surface area contributed by atoms with E-state index in [1.165, 1.54) is 19.2 Å². The molecule has 3 rings (SSSR count). The lowest BCUT2D eigenvalue weighted by molar-refractivity contribution is -0.385. The van der Waals surface area contributed by atoms with Crippen molar-refractivity contribution in [2.75, 3.05) is 13.7 Å². The number of hydrogen-bond acceptors (Lipinski definition) is 6. The maximum atomic E-state index is 12.2. The molecule has 2 N–H and O–H groups in total. The zero-order valence-electron chi connectivity index (χ0n) is 16.9. The first kappa shape index (κ1) is 21.4. The van der Waals surface area contributed by atoms with Gasteiger partial charge in [0.2, 0.25) is 0 Å². The van der Waals surface area contributed by atoms with Crippen molar-refractivity contribution in [3.05, 3.63) is 63.7 Å². The number of nitro benzene ring substituents is 1. The summed E-state index contributed by atoms with van der Waals surface area (Å²) in [5.74, 6) is 0.112. The van der Waals surface area contributed by atoms with Crippen molar-refractivity contribution in [3.8, 4) is 11.5 Å². The fourth-order valence-electron chi connectivity index (χ4n) is 3.67. The molecule has 1 aliphatic heterocycles. The van der Waals surface area contributed by atoms with E-state index in [1.807, 2.05) is 30.3 Å². The number of aliphatic hydroxyl groups is 1. The first-order chi connectivity index (χ1) is 14.2. The lowest BCUT2D eigenvalue weighted by Crippen LogP contribution is -2.54. The lowest BCUT2D eigenvalue weighted by Gasteiger charge is -2.45. The molecule has 0 unspecified atom stereocenters. The van der Waals surface area contributed by atoms with Gasteiger partial charge in [-0.1, -0.05) is 30.3 Å². The van der Waals surface area contributed by atoms with Crippen LogP contribution in [-0.4, -0.2) is 51.5 Å². The number of carbonyl (C=O) groups is 1. The largest absolute Gasteiger partial charge is 0.490 e. The zero-order valence-corrected chi connectivity index (χ0v) is 16.9. The minimum Gasteiger partial charge on any atom is -0.490 e. The number of amides is 1. The van der Waals surface area contributed by atoms with Crippen molar-refractivity contribution in [2.45, 2.75) is 38.0 Å². The minimum absolute atomic E-state index is 0.0346. The quantitative estimate of drug-likeness (QED) is 0.546. The molecule has 2 aromatic rings. The number of benzene rings is 2. The SMILES string of the molecule is COc1cc2c(cc1[N+](=O)[O-])OC(C)(C)[C@H](O)[C@H]2N(CCc1ccccc1)C(=O)O. The molecule has 0 aromatic heterocycles. The second-order valence-corrected chi connectivity index (χ2v) is 7.63. The maximum Gasteiger partial charge on any atom is 0.407 e. The monoisotopic (exact) mass is 416 g/mol. The molecule has 0 radical (unpaired) electrons. The predicted octanol–water partition coefficient (Wildman–Crippen LogP) is 3.40. The van der Waals surface area contributed by atoms with Crippen LogP contribution in [0.15, 0.2) is 42.5 Å². The number of nitro groups is 1. The summed E-state index contributed by atoms with van der Waals surface area (Å²) >= 11 is 0. The van der Waals surface area contributed by atoms with Crippen LogP contribution >= 0.6 is 0 Å². The van der Waals surface area contributed by atoms with Crippen molar-refractivity contribution >= 4 is 11.8 Å². The number of aliphatic hydroxyl groups excluding tert-OH is 1. The Balaban J connectivity index is 2.06. The van der Waals surface area contributed by atoms with E-state index in [0.717, 1.165) is 10.5 Å². The van der Waals surface area contributed by atoms with Gasteiger partial charge in [-0.25, -0.2) is 4.79 Å². The molecule has 1 amide bonds. The van der Waals surface area contributed by atoms with Crippen LogP contribution in [0.1, 0.15) is 31.0 Å². The van der Waals surface area contributed by atoms with Crippen LogP contribution in [-0.2, 0) is 6.42 Å². The summed E-state index contributed by atoms with van der Waals surface area (Å²) in [4.78, 5) is 24.1. The van der Waals surface area contributed by atoms with Crippen LogP contribution in [0.2, 0.25) is 0 Å². The third-order valence-corrected chi connectivity index (χ3v) is 5.28. The highest BCUT2D eigenvalue weighted by atomic mass is 16.6. The number of rotatable bonds is 6. The Morgan fingerprint density at radius 2 is 1.97 bits per heavy atom. The number of fused-ring (bicyclic) bond motifs is 1. The summed E-state index contributed by atoms with van der Waals surface area (Å²) in [5.41, 5.74) is -0.195. The Labute approximate surface area is 173 Å². The van der Waals surface area contributed by atoms with Crippen LogP contribution in [0, 0.1) is 10.1 Å². The van der Waals surface area contributed by atoms with E-state index in [0.29, 0.717) is 12.0 Å². The van der Waals surface area contributed by atoms with Crippen LogP contribution in [0.5, 0.6) is 11.5 Å². The van der Waals surface area contributed by atoms with Gasteiger partial charge < -0.3 is 19.7 Å². The summed E-state index contributed by atoms with van der Waals surface area (Å²) < 4.78 is 10.9. The summed E-state index contributed by atoms with van der Waals surface area (Å²) in [6.45, 7) is 3.34. The van der Waals surface area contributed by atoms with Crippen molar-refractivity contribution in [1.82, 2.24) is 4.90 Å². The van der Waals surface area contributed by atoms with E-state index in [-0.39, 0.29) is 23.7 Å². The molecule has 2 aromatic carbocycles. The fourth-order valence-corrected chi connectivity index (χ4v) is 3.67. The van der Waals surface area contributed by atoms with Gasteiger partial charge in [0.1, 0.15) is 17.5 Å². The molecule has 1 aliphatic rings. The normalized spacial score (nSPS) is 19.3. The van der Waals surface area contributed by atoms with E-state index in [2.05, 4.69) is 0 Å². The van der Waals surface area contributed by atoms with Crippen LogP contribution in [0.25, 0.3) is 0 Å². The average Bonchev–Trinajstić information content (AvgIpc) is 2.70. The average molecular weight is 416 g/mol. The Bertz CT molecular complexity index is 946. The standard InChI is InChI=1S/C21H24N2O7/c1-21(2)19(24)18(22(20(25)26)10-9-13-7-5-4-6-8-13)14-11-17(29-3)15(23(27)28)12-16(14)30-21/h4-8,11-12,18-19,24H,9-10H2,1-3H3,(H,25,26)/t18-,19+/m0/s1. The Hall–Kier alpha value is -3.33. The third kappa shape index (κ3) is 4.02. The van der Waals surface area contributed by atoms with Gasteiger partial charge in [0, 0.05) is 12.1 Å². The number of carboxylic acid groups (broad SMARTS) is 1. The van der Waals surface area contributed by atoms with Gasteiger partial charge in [-0.15, -0.1) is 0 Å². The molecule has 30 heavy (non-hydrogen) atoms. The summed E-state index contributed by atoms with van der Waals surface area (Å²) in [7, 11) is 1.29. The molecule has 0 fully saturated rings. The number of hydrogen-bond donors (Lipinski definition) is 2. The predicted molar refractivity (Wildman–Crippen MR) is 108 cm³/mol. The van der Waals surface area contributed by atoms with E-state index in [1.54, 1.807) is 13.8 Å². The highest BCUT2D eigenvalue weighted by Crippen LogP contribution is 2.47. The molecule has 9 nitrogen and oxygen atoms in total. The molecule has 9 heteroatoms. The molecule has 0 saturated heterocycles. The van der Waals surface area contributed by atoms with Gasteiger partial charge in [-0.3, -0.25) is 15.0 Å². The van der Waals surface area contributed by atoms with Gasteiger partial charge in [0.25, 0.3) is 0 Å². The van der Waals surface area contributed by atoms with Crippen LogP contribution in [0.3, 0.4) is 0 Å². The van der Waals surface area contributed by atoms with Gasteiger partial charge in [0.05, 0.1) is 24.1 Å². The third-order valence-electron chi connectivity index (χ3n) is 5.28. The van der Waals surface area contributed by atoms with E-state index < -0.39 is 28.8 Å². The van der Waals surface area contributed by atoms with Gasteiger partial charge >= 0.3 is 11.8 Å². The number of ether oxygens (including phenoxy) is 2. The van der Waals surface area contributed by atoms with E-state index in [4.69, 9.17) is 9.47 Å². The van der Waals surface area contributed by atoms with Crippen molar-refractivity contribution in [3.63, 3.8) is 0 Å². The summed E-state index contributed by atoms with van der Waals surface area (Å²) in [6, 6.07) is 11.0. The Morgan fingerprint density at radius 1 is 1.30 bits per heavy atom.